The van der Waals surface area contributed by atoms with Crippen molar-refractivity contribution in [2.24, 2.45) is 5.10 Å². The largest absolute Gasteiger partial charge is 0.274 e. The van der Waals surface area contributed by atoms with Gasteiger partial charge in [-0.25, -0.2) is 5.01 Å². The van der Waals surface area contributed by atoms with E-state index in [1.807, 2.05) is 17.5 Å². The lowest BCUT2D eigenvalue weighted by Crippen LogP contribution is -2.32. The van der Waals surface area contributed by atoms with Gasteiger partial charge in [-0.1, -0.05) is 29.3 Å². The lowest BCUT2D eigenvalue weighted by atomic mass is 10.1. The second-order valence-corrected chi connectivity index (χ2v) is 6.45. The molecule has 1 amide bonds. The number of thiophene rings is 1. The quantitative estimate of drug-likeness (QED) is 0.781. The zero-order valence-corrected chi connectivity index (χ0v) is 13.4. The number of carbonyl (C=O) groups is 1. The topological polar surface area (TPSA) is 32.7 Å². The van der Waals surface area contributed by atoms with Crippen molar-refractivity contribution < 1.29 is 4.79 Å². The normalized spacial score (nSPS) is 15.0. The van der Waals surface area contributed by atoms with Crippen LogP contribution in [-0.2, 0) is 0 Å². The molecule has 0 spiro atoms. The maximum Gasteiger partial charge on any atom is 0.274 e. The molecule has 1 aliphatic rings. The first-order valence-corrected chi connectivity index (χ1v) is 8.17. The first-order chi connectivity index (χ1) is 10.1. The number of nitrogens with zero attached hydrogens (tertiary/aromatic N) is 2. The van der Waals surface area contributed by atoms with E-state index in [4.69, 9.17) is 23.2 Å². The van der Waals surface area contributed by atoms with Gasteiger partial charge in [0.15, 0.2) is 0 Å². The molecule has 0 unspecified atom stereocenters. The number of amides is 1. The third-order valence-electron chi connectivity index (χ3n) is 3.23. The van der Waals surface area contributed by atoms with E-state index in [1.165, 1.54) is 5.01 Å². The molecular formula is C15H12Cl2N2OS. The highest BCUT2D eigenvalue weighted by atomic mass is 35.5. The summed E-state index contributed by atoms with van der Waals surface area (Å²) < 4.78 is 0. The molecule has 6 heteroatoms. The molecule has 0 atom stereocenters. The Kier molecular flexibility index (Phi) is 4.29. The second kappa shape index (κ2) is 6.18. The fourth-order valence-corrected chi connectivity index (χ4v) is 3.22. The molecular weight excluding hydrogens is 327 g/mol. The molecule has 108 valence electrons. The molecule has 0 saturated carbocycles. The number of hydrazone groups is 1. The molecule has 21 heavy (non-hydrogen) atoms. The molecule has 2 aromatic rings. The van der Waals surface area contributed by atoms with Crippen LogP contribution in [0.25, 0.3) is 0 Å². The smallest absolute Gasteiger partial charge is 0.267 e. The van der Waals surface area contributed by atoms with Crippen LogP contribution >= 0.6 is 34.5 Å². The Balaban J connectivity index is 1.87. The first-order valence-electron chi connectivity index (χ1n) is 6.53. The first kappa shape index (κ1) is 14.6. The van der Waals surface area contributed by atoms with Crippen molar-refractivity contribution in [3.63, 3.8) is 0 Å². The summed E-state index contributed by atoms with van der Waals surface area (Å²) >= 11 is 13.5. The van der Waals surface area contributed by atoms with Crippen LogP contribution in [0.1, 0.15) is 28.1 Å². The van der Waals surface area contributed by atoms with E-state index in [1.54, 1.807) is 29.5 Å². The molecule has 0 fully saturated rings. The Morgan fingerprint density at radius 1 is 1.24 bits per heavy atom. The number of halogens is 2. The van der Waals surface area contributed by atoms with Crippen molar-refractivity contribution in [3.05, 3.63) is 56.2 Å². The number of rotatable bonds is 2. The molecule has 0 aliphatic carbocycles. The number of benzene rings is 1. The van der Waals surface area contributed by atoms with Gasteiger partial charge in [-0.2, -0.15) is 5.10 Å². The second-order valence-electron chi connectivity index (χ2n) is 4.68. The predicted molar refractivity (Wildman–Crippen MR) is 87.6 cm³/mol. The maximum atomic E-state index is 12.5. The van der Waals surface area contributed by atoms with Crippen molar-refractivity contribution in [2.75, 3.05) is 6.54 Å². The van der Waals surface area contributed by atoms with Crippen LogP contribution in [-0.4, -0.2) is 23.2 Å². The van der Waals surface area contributed by atoms with Crippen LogP contribution in [0, 0.1) is 0 Å². The van der Waals surface area contributed by atoms with Gasteiger partial charge in [0, 0.05) is 12.1 Å². The third kappa shape index (κ3) is 3.12. The van der Waals surface area contributed by atoms with Crippen LogP contribution < -0.4 is 0 Å². The Bertz CT molecular complexity index is 698. The highest BCUT2D eigenvalue weighted by molar-refractivity contribution is 7.12. The van der Waals surface area contributed by atoms with E-state index in [-0.39, 0.29) is 5.91 Å². The summed E-state index contributed by atoms with van der Waals surface area (Å²) in [6.07, 6.45) is 1.80. The zero-order chi connectivity index (χ0) is 14.8. The summed E-state index contributed by atoms with van der Waals surface area (Å²) in [5.74, 6) is -0.151. The van der Waals surface area contributed by atoms with Crippen molar-refractivity contribution in [1.29, 1.82) is 0 Å². The molecule has 0 bridgehead atoms. The van der Waals surface area contributed by atoms with Gasteiger partial charge in [0.25, 0.3) is 5.91 Å². The molecule has 3 nitrogen and oxygen atoms in total. The van der Waals surface area contributed by atoms with Gasteiger partial charge in [0.1, 0.15) is 0 Å². The Labute approximate surface area is 136 Å². The molecule has 1 aromatic heterocycles. The van der Waals surface area contributed by atoms with Crippen LogP contribution in [0.3, 0.4) is 0 Å². The van der Waals surface area contributed by atoms with E-state index in [2.05, 4.69) is 5.10 Å². The van der Waals surface area contributed by atoms with Gasteiger partial charge in [-0.3, -0.25) is 4.79 Å². The molecule has 2 heterocycles. The lowest BCUT2D eigenvalue weighted by Gasteiger charge is -2.23. The summed E-state index contributed by atoms with van der Waals surface area (Å²) in [4.78, 5) is 13.6. The molecule has 1 aromatic carbocycles. The third-order valence-corrected chi connectivity index (χ3v) is 4.89. The van der Waals surface area contributed by atoms with Crippen LogP contribution in [0.15, 0.2) is 40.8 Å². The van der Waals surface area contributed by atoms with E-state index < -0.39 is 0 Å². The summed E-state index contributed by atoms with van der Waals surface area (Å²) in [6.45, 7) is 0.619. The van der Waals surface area contributed by atoms with Gasteiger partial charge in [-0.05, 0) is 42.5 Å². The standard InChI is InChI=1S/C15H12Cl2N2OS/c16-11-6-5-10(9-12(11)17)15(20)19-7-1-3-13(18-19)14-4-2-8-21-14/h2,4-6,8-9H,1,3,7H2. The minimum atomic E-state index is -0.151. The summed E-state index contributed by atoms with van der Waals surface area (Å²) in [5, 5.41) is 8.83. The lowest BCUT2D eigenvalue weighted by molar-refractivity contribution is 0.0751. The van der Waals surface area contributed by atoms with Gasteiger partial charge >= 0.3 is 0 Å². The summed E-state index contributed by atoms with van der Waals surface area (Å²) in [7, 11) is 0. The van der Waals surface area contributed by atoms with Crippen LogP contribution in [0.5, 0.6) is 0 Å². The fourth-order valence-electron chi connectivity index (χ4n) is 2.18. The molecule has 1 aliphatic heterocycles. The van der Waals surface area contributed by atoms with E-state index in [0.717, 1.165) is 23.4 Å². The number of hydrogen-bond donors (Lipinski definition) is 0. The minimum absolute atomic E-state index is 0.151. The Morgan fingerprint density at radius 3 is 2.81 bits per heavy atom. The van der Waals surface area contributed by atoms with Gasteiger partial charge in [0.2, 0.25) is 0 Å². The minimum Gasteiger partial charge on any atom is -0.267 e. The molecule has 0 N–H and O–H groups in total. The maximum absolute atomic E-state index is 12.5. The Morgan fingerprint density at radius 2 is 2.10 bits per heavy atom. The molecule has 0 saturated heterocycles. The predicted octanol–water partition coefficient (Wildman–Crippen LogP) is 4.70. The van der Waals surface area contributed by atoms with E-state index >= 15 is 0 Å². The van der Waals surface area contributed by atoms with Crippen molar-refractivity contribution in [2.45, 2.75) is 12.8 Å². The fraction of sp³-hybridized carbons (Fsp3) is 0.200. The van der Waals surface area contributed by atoms with Gasteiger partial charge in [-0.15, -0.1) is 11.3 Å². The Hall–Kier alpha value is -1.36. The average molecular weight is 339 g/mol. The van der Waals surface area contributed by atoms with Crippen molar-refractivity contribution in [1.82, 2.24) is 5.01 Å². The van der Waals surface area contributed by atoms with E-state index in [9.17, 15) is 4.79 Å². The van der Waals surface area contributed by atoms with Crippen molar-refractivity contribution in [3.8, 4) is 0 Å². The molecule has 3 rings (SSSR count). The zero-order valence-electron chi connectivity index (χ0n) is 11.1. The van der Waals surface area contributed by atoms with Gasteiger partial charge in [0.05, 0.1) is 20.6 Å². The molecule has 0 radical (unpaired) electrons. The van der Waals surface area contributed by atoms with E-state index in [0.29, 0.717) is 22.2 Å². The summed E-state index contributed by atoms with van der Waals surface area (Å²) in [5.41, 5.74) is 1.46. The van der Waals surface area contributed by atoms with Crippen LogP contribution in [0.2, 0.25) is 10.0 Å². The number of carbonyl (C=O) groups excluding carboxylic acids is 1. The highest BCUT2D eigenvalue weighted by Crippen LogP contribution is 2.24. The average Bonchev–Trinajstić information content (AvgIpc) is 3.04. The van der Waals surface area contributed by atoms with Gasteiger partial charge < -0.3 is 0 Å². The number of hydrogen-bond acceptors (Lipinski definition) is 3. The monoisotopic (exact) mass is 338 g/mol. The van der Waals surface area contributed by atoms with Crippen molar-refractivity contribution >= 4 is 46.2 Å². The summed E-state index contributed by atoms with van der Waals surface area (Å²) in [6, 6.07) is 8.90. The van der Waals surface area contributed by atoms with Crippen LogP contribution in [0.4, 0.5) is 0 Å². The highest BCUT2D eigenvalue weighted by Gasteiger charge is 2.21. The SMILES string of the molecule is O=C(c1ccc(Cl)c(Cl)c1)N1CCCC(c2cccs2)=N1.